The van der Waals surface area contributed by atoms with E-state index in [-0.39, 0.29) is 0 Å². The van der Waals surface area contributed by atoms with Gasteiger partial charge in [0.25, 0.3) is 0 Å². The number of azo groups is 1. The van der Waals surface area contributed by atoms with Gasteiger partial charge in [-0.25, -0.2) is 0 Å². The fraction of sp³-hybridized carbons (Fsp3) is 0.429. The minimum absolute atomic E-state index is 0.738. The van der Waals surface area contributed by atoms with Gasteiger partial charge in [0.05, 0.1) is 12.2 Å². The minimum Gasteiger partial charge on any atom is -0.189 e. The second-order valence-corrected chi connectivity index (χ2v) is 1.60. The van der Waals surface area contributed by atoms with Crippen molar-refractivity contribution in [1.29, 1.82) is 0 Å². The molecule has 0 atom stereocenters. The molecule has 0 aliphatic rings. The molecule has 0 N–H and O–H groups in total. The lowest BCUT2D eigenvalue weighted by Crippen LogP contribution is -1.67. The highest BCUT2D eigenvalue weighted by atomic mass is 15.1. The molecule has 9 heavy (non-hydrogen) atoms. The van der Waals surface area contributed by atoms with Crippen molar-refractivity contribution < 1.29 is 0 Å². The Morgan fingerprint density at radius 3 is 2.78 bits per heavy atom. The van der Waals surface area contributed by atoms with Crippen LogP contribution in [0.3, 0.4) is 0 Å². The summed E-state index contributed by atoms with van der Waals surface area (Å²) in [4.78, 5) is 0. The van der Waals surface area contributed by atoms with Crippen LogP contribution < -0.4 is 0 Å². The van der Waals surface area contributed by atoms with Crippen LogP contribution >= 0.6 is 0 Å². The zero-order chi connectivity index (χ0) is 7.11. The van der Waals surface area contributed by atoms with Crippen molar-refractivity contribution in [3.05, 3.63) is 24.4 Å². The van der Waals surface area contributed by atoms with Gasteiger partial charge in [0.15, 0.2) is 0 Å². The number of hydrogen-bond donors (Lipinski definition) is 0. The number of allylic oxidation sites excluding steroid dienone is 3. The lowest BCUT2D eigenvalue weighted by molar-refractivity contribution is 0.967. The second kappa shape index (κ2) is 5.22. The molecule has 50 valence electrons. The molecule has 0 aliphatic heterocycles. The van der Waals surface area contributed by atoms with Crippen LogP contribution in [0.5, 0.6) is 0 Å². The predicted molar refractivity (Wildman–Crippen MR) is 39.4 cm³/mol. The van der Waals surface area contributed by atoms with Gasteiger partial charge >= 0.3 is 0 Å². The van der Waals surface area contributed by atoms with Crippen LogP contribution in [0.25, 0.3) is 0 Å². The van der Waals surface area contributed by atoms with E-state index in [4.69, 9.17) is 0 Å². The van der Waals surface area contributed by atoms with Gasteiger partial charge in [-0.1, -0.05) is 12.7 Å². The van der Waals surface area contributed by atoms with Crippen molar-refractivity contribution in [2.45, 2.75) is 13.8 Å². The van der Waals surface area contributed by atoms with Crippen LogP contribution in [0, 0.1) is 0 Å². The normalized spacial score (nSPS) is 12.4. The van der Waals surface area contributed by atoms with Crippen molar-refractivity contribution in [3.8, 4) is 0 Å². The average molecular weight is 124 g/mol. The molecule has 0 saturated carbocycles. The molecule has 2 heteroatoms. The highest BCUT2D eigenvalue weighted by Gasteiger charge is 1.76. The standard InChI is InChI=1S/C7H12N2/c1-4-6-7(3)9-8-5-2/h4,6H,1,5H2,2-3H3/b7-6-,9-8?. The first-order chi connectivity index (χ1) is 4.31. The van der Waals surface area contributed by atoms with Crippen LogP contribution in [-0.4, -0.2) is 6.54 Å². The van der Waals surface area contributed by atoms with Crippen molar-refractivity contribution in [2.75, 3.05) is 6.54 Å². The minimum atomic E-state index is 0.738. The summed E-state index contributed by atoms with van der Waals surface area (Å²) in [7, 11) is 0. The molecule has 0 aromatic rings. The molecule has 0 heterocycles. The highest BCUT2D eigenvalue weighted by molar-refractivity contribution is 5.05. The molecule has 0 aliphatic carbocycles. The topological polar surface area (TPSA) is 24.7 Å². The fourth-order valence-electron chi connectivity index (χ4n) is 0.386. The van der Waals surface area contributed by atoms with E-state index in [9.17, 15) is 0 Å². The second-order valence-electron chi connectivity index (χ2n) is 1.60. The van der Waals surface area contributed by atoms with Crippen LogP contribution in [0.4, 0.5) is 0 Å². The Labute approximate surface area is 56.0 Å². The van der Waals surface area contributed by atoms with Crippen molar-refractivity contribution in [2.24, 2.45) is 10.2 Å². The van der Waals surface area contributed by atoms with Crippen LogP contribution in [0.15, 0.2) is 34.7 Å². The Kier molecular flexibility index (Phi) is 4.69. The number of nitrogens with zero attached hydrogens (tertiary/aromatic N) is 2. The van der Waals surface area contributed by atoms with E-state index < -0.39 is 0 Å². The third-order valence-electron chi connectivity index (χ3n) is 0.729. The Morgan fingerprint density at radius 2 is 2.33 bits per heavy atom. The first kappa shape index (κ1) is 8.08. The summed E-state index contributed by atoms with van der Waals surface area (Å²) in [6.07, 6.45) is 3.52. The summed E-state index contributed by atoms with van der Waals surface area (Å²) in [6, 6.07) is 0. The molecule has 0 fully saturated rings. The molecule has 0 aromatic carbocycles. The zero-order valence-corrected chi connectivity index (χ0v) is 5.96. The molecule has 0 spiro atoms. The largest absolute Gasteiger partial charge is 0.189 e. The molecule has 0 saturated heterocycles. The quantitative estimate of drug-likeness (QED) is 0.408. The summed E-state index contributed by atoms with van der Waals surface area (Å²) in [5, 5.41) is 7.65. The first-order valence-electron chi connectivity index (χ1n) is 2.98. The Morgan fingerprint density at radius 1 is 1.67 bits per heavy atom. The van der Waals surface area contributed by atoms with Gasteiger partial charge in [0.2, 0.25) is 0 Å². The fourth-order valence-corrected chi connectivity index (χ4v) is 0.386. The highest BCUT2D eigenvalue weighted by Crippen LogP contribution is 1.94. The van der Waals surface area contributed by atoms with Crippen LogP contribution in [0.1, 0.15) is 13.8 Å². The Balaban J connectivity index is 3.74. The summed E-state index contributed by atoms with van der Waals surface area (Å²) in [6.45, 7) is 8.11. The summed E-state index contributed by atoms with van der Waals surface area (Å²) >= 11 is 0. The van der Waals surface area contributed by atoms with Crippen molar-refractivity contribution in [3.63, 3.8) is 0 Å². The zero-order valence-electron chi connectivity index (χ0n) is 5.96. The smallest absolute Gasteiger partial charge is 0.0595 e. The van der Waals surface area contributed by atoms with E-state index >= 15 is 0 Å². The molecule has 0 bridgehead atoms. The summed E-state index contributed by atoms with van der Waals surface area (Å²) in [5.41, 5.74) is 0.895. The van der Waals surface area contributed by atoms with Gasteiger partial charge < -0.3 is 0 Å². The molecule has 0 aromatic heterocycles. The molecule has 0 unspecified atom stereocenters. The van der Waals surface area contributed by atoms with Gasteiger partial charge in [0.1, 0.15) is 0 Å². The molecule has 0 amide bonds. The van der Waals surface area contributed by atoms with Gasteiger partial charge in [-0.05, 0) is 19.9 Å². The Bertz CT molecular complexity index is 134. The van der Waals surface area contributed by atoms with E-state index in [2.05, 4.69) is 16.8 Å². The van der Waals surface area contributed by atoms with Gasteiger partial charge in [-0.15, -0.1) is 0 Å². The number of hydrogen-bond acceptors (Lipinski definition) is 2. The maximum Gasteiger partial charge on any atom is 0.0595 e. The van der Waals surface area contributed by atoms with Gasteiger partial charge in [-0.2, -0.15) is 10.2 Å². The SMILES string of the molecule is C=C/C=C(/C)N=NCC. The van der Waals surface area contributed by atoms with Crippen molar-refractivity contribution >= 4 is 0 Å². The first-order valence-corrected chi connectivity index (χ1v) is 2.98. The third-order valence-corrected chi connectivity index (χ3v) is 0.729. The van der Waals surface area contributed by atoms with Crippen LogP contribution in [-0.2, 0) is 0 Å². The molecular formula is C7H12N2. The Hall–Kier alpha value is -0.920. The van der Waals surface area contributed by atoms with E-state index in [1.165, 1.54) is 0 Å². The molecule has 0 radical (unpaired) electrons. The van der Waals surface area contributed by atoms with Crippen molar-refractivity contribution in [1.82, 2.24) is 0 Å². The average Bonchev–Trinajstić information content (AvgIpc) is 1.85. The monoisotopic (exact) mass is 124 g/mol. The lowest BCUT2D eigenvalue weighted by Gasteiger charge is -1.83. The van der Waals surface area contributed by atoms with E-state index in [0.717, 1.165) is 12.2 Å². The van der Waals surface area contributed by atoms with E-state index in [1.807, 2.05) is 19.9 Å². The van der Waals surface area contributed by atoms with Crippen LogP contribution in [0.2, 0.25) is 0 Å². The third kappa shape index (κ3) is 4.94. The summed E-state index contributed by atoms with van der Waals surface area (Å²) < 4.78 is 0. The number of rotatable bonds is 3. The van der Waals surface area contributed by atoms with E-state index in [1.54, 1.807) is 6.08 Å². The summed E-state index contributed by atoms with van der Waals surface area (Å²) in [5.74, 6) is 0. The molecular weight excluding hydrogens is 112 g/mol. The van der Waals surface area contributed by atoms with Gasteiger partial charge in [0, 0.05) is 0 Å². The van der Waals surface area contributed by atoms with Gasteiger partial charge in [-0.3, -0.25) is 0 Å². The van der Waals surface area contributed by atoms with E-state index in [0.29, 0.717) is 0 Å². The molecule has 0 rings (SSSR count). The maximum absolute atomic E-state index is 3.85. The lowest BCUT2D eigenvalue weighted by atomic mass is 10.4. The predicted octanol–water partition coefficient (Wildman–Crippen LogP) is 2.55. The molecule has 2 nitrogen and oxygen atoms in total. The maximum atomic E-state index is 3.85.